The summed E-state index contributed by atoms with van der Waals surface area (Å²) in [6.45, 7) is 4.13. The van der Waals surface area contributed by atoms with Crippen molar-refractivity contribution in [3.8, 4) is 5.75 Å². The smallest absolute Gasteiger partial charge is 0.264 e. The van der Waals surface area contributed by atoms with Gasteiger partial charge < -0.3 is 10.1 Å². The van der Waals surface area contributed by atoms with Gasteiger partial charge in [0.2, 0.25) is 5.91 Å². The van der Waals surface area contributed by atoms with Gasteiger partial charge in [-0.3, -0.25) is 9.10 Å². The second-order valence-electron chi connectivity index (χ2n) is 7.17. The molecule has 0 aliphatic rings. The Balaban J connectivity index is 1.67. The largest absolute Gasteiger partial charge is 0.492 e. The third-order valence-corrected chi connectivity index (χ3v) is 6.44. The number of carbonyl (C=O) groups excluding carboxylic acids is 1. The van der Waals surface area contributed by atoms with Crippen LogP contribution in [0.25, 0.3) is 0 Å². The maximum atomic E-state index is 13.2. The number of nitrogens with one attached hydrogen (secondary N) is 1. The molecule has 1 N–H and O–H groups in total. The topological polar surface area (TPSA) is 75.7 Å². The zero-order chi connectivity index (χ0) is 22.3. The Morgan fingerprint density at radius 1 is 0.871 bits per heavy atom. The van der Waals surface area contributed by atoms with E-state index in [0.29, 0.717) is 11.4 Å². The molecule has 0 atom stereocenters. The van der Waals surface area contributed by atoms with Crippen LogP contribution in [-0.2, 0) is 14.8 Å². The number of hydrogen-bond acceptors (Lipinski definition) is 4. The lowest BCUT2D eigenvalue weighted by Gasteiger charge is -2.24. The van der Waals surface area contributed by atoms with E-state index in [2.05, 4.69) is 5.32 Å². The molecule has 6 nitrogen and oxygen atoms in total. The molecular formula is C24H26N2O4S. The number of benzene rings is 3. The van der Waals surface area contributed by atoms with Crippen molar-refractivity contribution in [1.29, 1.82) is 0 Å². The molecule has 0 unspecified atom stereocenters. The molecule has 162 valence electrons. The van der Waals surface area contributed by atoms with E-state index in [1.165, 1.54) is 12.1 Å². The van der Waals surface area contributed by atoms with Crippen LogP contribution >= 0.6 is 0 Å². The molecule has 0 fully saturated rings. The normalized spacial score (nSPS) is 11.0. The van der Waals surface area contributed by atoms with Gasteiger partial charge in [-0.05, 0) is 50.2 Å². The van der Waals surface area contributed by atoms with Crippen molar-refractivity contribution < 1.29 is 17.9 Å². The third-order valence-electron chi connectivity index (χ3n) is 4.65. The summed E-state index contributed by atoms with van der Waals surface area (Å²) >= 11 is 0. The molecule has 0 bridgehead atoms. The minimum atomic E-state index is -3.90. The van der Waals surface area contributed by atoms with Gasteiger partial charge in [0.15, 0.2) is 0 Å². The minimum absolute atomic E-state index is 0.131. The molecule has 0 spiro atoms. The van der Waals surface area contributed by atoms with Crippen molar-refractivity contribution in [3.05, 3.63) is 90.0 Å². The molecule has 31 heavy (non-hydrogen) atoms. The molecule has 0 saturated carbocycles. The first-order chi connectivity index (χ1) is 14.9. The quantitative estimate of drug-likeness (QED) is 0.517. The van der Waals surface area contributed by atoms with Gasteiger partial charge in [0.1, 0.15) is 18.9 Å². The number of ether oxygens (including phenoxy) is 1. The van der Waals surface area contributed by atoms with Crippen LogP contribution in [0.1, 0.15) is 11.1 Å². The fourth-order valence-corrected chi connectivity index (χ4v) is 4.37. The van der Waals surface area contributed by atoms with Crippen molar-refractivity contribution in [1.82, 2.24) is 5.32 Å². The van der Waals surface area contributed by atoms with Crippen LogP contribution in [0.2, 0.25) is 0 Å². The van der Waals surface area contributed by atoms with Crippen molar-refractivity contribution >= 4 is 21.6 Å². The van der Waals surface area contributed by atoms with E-state index >= 15 is 0 Å². The van der Waals surface area contributed by atoms with Crippen molar-refractivity contribution in [2.24, 2.45) is 0 Å². The lowest BCUT2D eigenvalue weighted by Crippen LogP contribution is -2.41. The van der Waals surface area contributed by atoms with Crippen molar-refractivity contribution in [2.45, 2.75) is 18.7 Å². The third kappa shape index (κ3) is 6.08. The first-order valence-corrected chi connectivity index (χ1v) is 11.4. The predicted molar refractivity (Wildman–Crippen MR) is 122 cm³/mol. The molecule has 0 saturated heterocycles. The molecule has 0 heterocycles. The van der Waals surface area contributed by atoms with E-state index in [9.17, 15) is 13.2 Å². The van der Waals surface area contributed by atoms with E-state index in [0.717, 1.165) is 15.4 Å². The number of aryl methyl sites for hydroxylation is 2. The zero-order valence-corrected chi connectivity index (χ0v) is 18.4. The number of anilines is 1. The van der Waals surface area contributed by atoms with Crippen LogP contribution < -0.4 is 14.4 Å². The van der Waals surface area contributed by atoms with Crippen molar-refractivity contribution in [2.75, 3.05) is 24.0 Å². The summed E-state index contributed by atoms with van der Waals surface area (Å²) in [6.07, 6.45) is 0. The van der Waals surface area contributed by atoms with Gasteiger partial charge in [-0.1, -0.05) is 53.6 Å². The Kier molecular flexibility index (Phi) is 7.31. The second-order valence-corrected chi connectivity index (χ2v) is 9.03. The van der Waals surface area contributed by atoms with E-state index in [-0.39, 0.29) is 24.6 Å². The first-order valence-electron chi connectivity index (χ1n) is 9.97. The molecule has 3 aromatic rings. The first kappa shape index (κ1) is 22.4. The molecule has 0 radical (unpaired) electrons. The fraction of sp³-hybridized carbons (Fsp3) is 0.208. The van der Waals surface area contributed by atoms with Gasteiger partial charge in [-0.15, -0.1) is 0 Å². The molecule has 7 heteroatoms. The summed E-state index contributed by atoms with van der Waals surface area (Å²) in [4.78, 5) is 12.7. The molecular weight excluding hydrogens is 412 g/mol. The highest BCUT2D eigenvalue weighted by atomic mass is 32.2. The molecule has 3 aromatic carbocycles. The van der Waals surface area contributed by atoms with Gasteiger partial charge in [-0.25, -0.2) is 8.42 Å². The highest BCUT2D eigenvalue weighted by Gasteiger charge is 2.26. The molecule has 1 amide bonds. The lowest BCUT2D eigenvalue weighted by atomic mass is 10.2. The SMILES string of the molecule is Cc1ccc(OCCNC(=O)CN(c2ccc(C)cc2)S(=O)(=O)c2ccccc2)cc1. The summed E-state index contributed by atoms with van der Waals surface area (Å²) in [5.41, 5.74) is 2.57. The van der Waals surface area contributed by atoms with Gasteiger partial charge in [0.05, 0.1) is 17.1 Å². The predicted octanol–water partition coefficient (Wildman–Crippen LogP) is 3.69. The Labute approximate surface area is 183 Å². The molecule has 0 aliphatic carbocycles. The lowest BCUT2D eigenvalue weighted by molar-refractivity contribution is -0.119. The Morgan fingerprint density at radius 2 is 1.45 bits per heavy atom. The monoisotopic (exact) mass is 438 g/mol. The number of amides is 1. The average molecular weight is 439 g/mol. The molecule has 3 rings (SSSR count). The highest BCUT2D eigenvalue weighted by molar-refractivity contribution is 7.92. The van der Waals surface area contributed by atoms with Crippen LogP contribution in [0, 0.1) is 13.8 Å². The maximum Gasteiger partial charge on any atom is 0.264 e. The number of rotatable bonds is 9. The van der Waals surface area contributed by atoms with Crippen LogP contribution in [-0.4, -0.2) is 34.0 Å². The maximum absolute atomic E-state index is 13.2. The van der Waals surface area contributed by atoms with Gasteiger partial charge >= 0.3 is 0 Å². The number of nitrogens with zero attached hydrogens (tertiary/aromatic N) is 1. The minimum Gasteiger partial charge on any atom is -0.492 e. The van der Waals surface area contributed by atoms with Gasteiger partial charge in [0, 0.05) is 0 Å². The van der Waals surface area contributed by atoms with Crippen LogP contribution in [0.4, 0.5) is 5.69 Å². The van der Waals surface area contributed by atoms with Crippen molar-refractivity contribution in [3.63, 3.8) is 0 Å². The molecule has 0 aliphatic heterocycles. The van der Waals surface area contributed by atoms with Crippen LogP contribution in [0.5, 0.6) is 5.75 Å². The van der Waals surface area contributed by atoms with E-state index in [1.54, 1.807) is 30.3 Å². The van der Waals surface area contributed by atoms with Crippen LogP contribution in [0.15, 0.2) is 83.8 Å². The van der Waals surface area contributed by atoms with E-state index in [1.807, 2.05) is 50.2 Å². The summed E-state index contributed by atoms with van der Waals surface area (Å²) < 4.78 is 33.2. The second kappa shape index (κ2) is 10.1. The van der Waals surface area contributed by atoms with E-state index < -0.39 is 15.9 Å². The summed E-state index contributed by atoms with van der Waals surface area (Å²) in [6, 6.07) is 22.7. The van der Waals surface area contributed by atoms with Gasteiger partial charge in [0.25, 0.3) is 10.0 Å². The van der Waals surface area contributed by atoms with E-state index in [4.69, 9.17) is 4.74 Å². The number of hydrogen-bond donors (Lipinski definition) is 1. The summed E-state index contributed by atoms with van der Waals surface area (Å²) in [5.74, 6) is 0.306. The summed E-state index contributed by atoms with van der Waals surface area (Å²) in [7, 11) is -3.90. The highest BCUT2D eigenvalue weighted by Crippen LogP contribution is 2.23. The Bertz CT molecular complexity index is 1100. The van der Waals surface area contributed by atoms with Gasteiger partial charge in [-0.2, -0.15) is 0 Å². The standard InChI is InChI=1S/C24H26N2O4S/c1-19-8-12-21(13-9-19)26(31(28,29)23-6-4-3-5-7-23)18-24(27)25-16-17-30-22-14-10-20(2)11-15-22/h3-15H,16-18H2,1-2H3,(H,25,27). The Hall–Kier alpha value is -3.32. The average Bonchev–Trinajstić information content (AvgIpc) is 2.77. The summed E-state index contributed by atoms with van der Waals surface area (Å²) in [5, 5.41) is 2.73. The number of carbonyl (C=O) groups is 1. The fourth-order valence-electron chi connectivity index (χ4n) is 2.93. The molecule has 0 aromatic heterocycles. The van der Waals surface area contributed by atoms with Crippen LogP contribution in [0.3, 0.4) is 0 Å². The Morgan fingerprint density at radius 3 is 2.06 bits per heavy atom. The number of sulfonamides is 1. The zero-order valence-electron chi connectivity index (χ0n) is 17.6.